The van der Waals surface area contributed by atoms with Crippen molar-refractivity contribution in [1.29, 1.82) is 0 Å². The van der Waals surface area contributed by atoms with Crippen molar-refractivity contribution < 1.29 is 19.4 Å². The highest BCUT2D eigenvalue weighted by atomic mass is 16.5. The second-order valence-electron chi connectivity index (χ2n) is 3.99. The number of carboxylic acid groups (broad SMARTS) is 1. The predicted molar refractivity (Wildman–Crippen MR) is 56.4 cm³/mol. The fourth-order valence-electron chi connectivity index (χ4n) is 1.46. The molecule has 0 spiro atoms. The van der Waals surface area contributed by atoms with Crippen molar-refractivity contribution in [3.63, 3.8) is 0 Å². The van der Waals surface area contributed by atoms with Crippen LogP contribution in [0, 0.1) is 11.3 Å². The summed E-state index contributed by atoms with van der Waals surface area (Å²) in [4.78, 5) is 22.1. The van der Waals surface area contributed by atoms with E-state index < -0.39 is 23.3 Å². The Bertz CT molecular complexity index is 266. The highest BCUT2D eigenvalue weighted by Crippen LogP contribution is 2.31. The minimum atomic E-state index is -0.983. The van der Waals surface area contributed by atoms with Gasteiger partial charge in [0.05, 0.1) is 19.4 Å². The average molecular weight is 214 g/mol. The van der Waals surface area contributed by atoms with E-state index in [0.29, 0.717) is 0 Å². The number of aliphatic carboxylic acids is 1. The van der Waals surface area contributed by atoms with Crippen molar-refractivity contribution in [3.05, 3.63) is 12.2 Å². The van der Waals surface area contributed by atoms with E-state index in [1.807, 2.05) is 6.92 Å². The Morgan fingerprint density at radius 1 is 1.47 bits per heavy atom. The molecule has 0 aromatic carbocycles. The molecule has 0 saturated carbocycles. The number of allylic oxidation sites excluding steroid dienone is 2. The minimum absolute atomic E-state index is 0.108. The number of carbonyl (C=O) groups excluding carboxylic acids is 1. The topological polar surface area (TPSA) is 63.6 Å². The summed E-state index contributed by atoms with van der Waals surface area (Å²) in [6.45, 7) is 5.39. The van der Waals surface area contributed by atoms with Crippen molar-refractivity contribution >= 4 is 11.9 Å². The third kappa shape index (κ3) is 4.14. The van der Waals surface area contributed by atoms with Gasteiger partial charge in [0.15, 0.2) is 0 Å². The molecule has 0 aliphatic rings. The molecule has 1 N–H and O–H groups in total. The zero-order valence-corrected chi connectivity index (χ0v) is 9.61. The third-order valence-electron chi connectivity index (χ3n) is 2.39. The van der Waals surface area contributed by atoms with Crippen LogP contribution in [0.4, 0.5) is 0 Å². The standard InChI is InChI=1S/C11H18O4/c1-5-6-11(2,3)8(10(13)14)7-9(12)15-4/h5-6,8H,7H2,1-4H3,(H,13,14)/b6-5-. The summed E-state index contributed by atoms with van der Waals surface area (Å²) in [7, 11) is 1.25. The Balaban J connectivity index is 4.81. The number of carbonyl (C=O) groups is 2. The fourth-order valence-corrected chi connectivity index (χ4v) is 1.46. The number of rotatable bonds is 5. The zero-order chi connectivity index (χ0) is 12.1. The van der Waals surface area contributed by atoms with Gasteiger partial charge in [-0.15, -0.1) is 0 Å². The summed E-state index contributed by atoms with van der Waals surface area (Å²) in [5.41, 5.74) is -0.561. The van der Waals surface area contributed by atoms with Gasteiger partial charge in [-0.05, 0) is 12.3 Å². The highest BCUT2D eigenvalue weighted by molar-refractivity contribution is 5.79. The quantitative estimate of drug-likeness (QED) is 0.560. The smallest absolute Gasteiger partial charge is 0.307 e. The van der Waals surface area contributed by atoms with Gasteiger partial charge in [-0.2, -0.15) is 0 Å². The van der Waals surface area contributed by atoms with Gasteiger partial charge < -0.3 is 9.84 Å². The summed E-state index contributed by atoms with van der Waals surface area (Å²) in [5, 5.41) is 9.04. The van der Waals surface area contributed by atoms with Gasteiger partial charge in [-0.3, -0.25) is 9.59 Å². The Kier molecular flexibility index (Phi) is 5.05. The number of hydrogen-bond donors (Lipinski definition) is 1. The molecule has 0 bridgehead atoms. The van der Waals surface area contributed by atoms with E-state index in [2.05, 4.69) is 4.74 Å². The van der Waals surface area contributed by atoms with Crippen LogP contribution in [-0.2, 0) is 14.3 Å². The van der Waals surface area contributed by atoms with Crippen molar-refractivity contribution in [1.82, 2.24) is 0 Å². The van der Waals surface area contributed by atoms with E-state index in [1.54, 1.807) is 26.0 Å². The van der Waals surface area contributed by atoms with Crippen LogP contribution in [0.1, 0.15) is 27.2 Å². The molecule has 0 aromatic heterocycles. The molecule has 1 unspecified atom stereocenters. The van der Waals surface area contributed by atoms with Gasteiger partial charge in [-0.25, -0.2) is 0 Å². The normalized spacial score (nSPS) is 13.9. The molecule has 0 heterocycles. The molecule has 0 rings (SSSR count). The number of ether oxygens (including phenoxy) is 1. The number of methoxy groups -OCH3 is 1. The van der Waals surface area contributed by atoms with Crippen LogP contribution in [0.5, 0.6) is 0 Å². The lowest BCUT2D eigenvalue weighted by Crippen LogP contribution is -2.31. The van der Waals surface area contributed by atoms with Crippen molar-refractivity contribution in [2.75, 3.05) is 7.11 Å². The maximum atomic E-state index is 11.1. The molecule has 0 amide bonds. The first-order valence-corrected chi connectivity index (χ1v) is 4.78. The molecule has 0 aromatic rings. The van der Waals surface area contributed by atoms with Crippen LogP contribution in [0.2, 0.25) is 0 Å². The Hall–Kier alpha value is -1.32. The lowest BCUT2D eigenvalue weighted by molar-refractivity contribution is -0.152. The first-order valence-electron chi connectivity index (χ1n) is 4.78. The highest BCUT2D eigenvalue weighted by Gasteiger charge is 2.35. The zero-order valence-electron chi connectivity index (χ0n) is 9.61. The van der Waals surface area contributed by atoms with Gasteiger partial charge in [0.1, 0.15) is 0 Å². The van der Waals surface area contributed by atoms with Gasteiger partial charge in [0.25, 0.3) is 0 Å². The maximum absolute atomic E-state index is 11.1. The summed E-state index contributed by atoms with van der Waals surface area (Å²) in [6.07, 6.45) is 3.46. The lowest BCUT2D eigenvalue weighted by atomic mass is 9.76. The van der Waals surface area contributed by atoms with Gasteiger partial charge in [0.2, 0.25) is 0 Å². The molecule has 0 radical (unpaired) electrons. The first kappa shape index (κ1) is 13.7. The van der Waals surface area contributed by atoms with Gasteiger partial charge in [0, 0.05) is 0 Å². The molecule has 0 aliphatic carbocycles. The van der Waals surface area contributed by atoms with Gasteiger partial charge in [-0.1, -0.05) is 26.0 Å². The largest absolute Gasteiger partial charge is 0.481 e. The third-order valence-corrected chi connectivity index (χ3v) is 2.39. The summed E-state index contributed by atoms with van der Waals surface area (Å²) >= 11 is 0. The van der Waals surface area contributed by atoms with Crippen LogP contribution in [0.3, 0.4) is 0 Å². The van der Waals surface area contributed by atoms with Crippen molar-refractivity contribution in [2.24, 2.45) is 11.3 Å². The average Bonchev–Trinajstić information content (AvgIpc) is 2.12. The van der Waals surface area contributed by atoms with Crippen LogP contribution in [0.25, 0.3) is 0 Å². The maximum Gasteiger partial charge on any atom is 0.307 e. The number of esters is 1. The SMILES string of the molecule is C/C=C\C(C)(C)C(CC(=O)OC)C(=O)O. The number of hydrogen-bond acceptors (Lipinski definition) is 3. The summed E-state index contributed by atoms with van der Waals surface area (Å²) < 4.78 is 4.48. The van der Waals surface area contributed by atoms with Crippen LogP contribution in [0.15, 0.2) is 12.2 Å². The Labute approximate surface area is 89.9 Å². The molecule has 0 fully saturated rings. The summed E-state index contributed by atoms with van der Waals surface area (Å²) in [6, 6.07) is 0. The van der Waals surface area contributed by atoms with E-state index in [9.17, 15) is 9.59 Å². The molecule has 0 aliphatic heterocycles. The molecule has 0 saturated heterocycles. The van der Waals surface area contributed by atoms with E-state index in [0.717, 1.165) is 0 Å². The summed E-state index contributed by atoms with van der Waals surface area (Å²) in [5.74, 6) is -2.25. The predicted octanol–water partition coefficient (Wildman–Crippen LogP) is 1.85. The van der Waals surface area contributed by atoms with E-state index in [1.165, 1.54) is 7.11 Å². The van der Waals surface area contributed by atoms with E-state index in [4.69, 9.17) is 5.11 Å². The van der Waals surface area contributed by atoms with Crippen LogP contribution in [-0.4, -0.2) is 24.2 Å². The molecule has 1 atom stereocenters. The molecule has 4 nitrogen and oxygen atoms in total. The monoisotopic (exact) mass is 214 g/mol. The van der Waals surface area contributed by atoms with Crippen LogP contribution >= 0.6 is 0 Å². The number of carboxylic acids is 1. The molecular weight excluding hydrogens is 196 g/mol. The fraction of sp³-hybridized carbons (Fsp3) is 0.636. The first-order chi connectivity index (χ1) is 6.85. The lowest BCUT2D eigenvalue weighted by Gasteiger charge is -2.27. The Morgan fingerprint density at radius 3 is 2.33 bits per heavy atom. The molecule has 86 valence electrons. The van der Waals surface area contributed by atoms with Crippen molar-refractivity contribution in [2.45, 2.75) is 27.2 Å². The van der Waals surface area contributed by atoms with E-state index in [-0.39, 0.29) is 6.42 Å². The molecule has 4 heteroatoms. The minimum Gasteiger partial charge on any atom is -0.481 e. The molecular formula is C11H18O4. The van der Waals surface area contributed by atoms with Gasteiger partial charge >= 0.3 is 11.9 Å². The Morgan fingerprint density at radius 2 is 2.00 bits per heavy atom. The molecule has 15 heavy (non-hydrogen) atoms. The van der Waals surface area contributed by atoms with Crippen LogP contribution < -0.4 is 0 Å². The second kappa shape index (κ2) is 5.53. The van der Waals surface area contributed by atoms with Crippen molar-refractivity contribution in [3.8, 4) is 0 Å². The van der Waals surface area contributed by atoms with E-state index >= 15 is 0 Å². The second-order valence-corrected chi connectivity index (χ2v) is 3.99.